The Kier molecular flexibility index (Phi) is 3.71. The quantitative estimate of drug-likeness (QED) is 0.843. The van der Waals surface area contributed by atoms with E-state index in [1.807, 2.05) is 0 Å². The summed E-state index contributed by atoms with van der Waals surface area (Å²) in [6.45, 7) is 3.86. The van der Waals surface area contributed by atoms with Crippen molar-refractivity contribution in [2.45, 2.75) is 0 Å². The number of carboxylic acids is 1. The van der Waals surface area contributed by atoms with Crippen LogP contribution in [0.1, 0.15) is 10.4 Å². The largest absolute Gasteiger partial charge is 0.489 e. The van der Waals surface area contributed by atoms with Crippen molar-refractivity contribution in [3.05, 3.63) is 40.9 Å². The maximum atomic E-state index is 10.7. The average Bonchev–Trinajstić information content (AvgIpc) is 2.14. The molecule has 0 saturated carbocycles. The summed E-state index contributed by atoms with van der Waals surface area (Å²) < 4.78 is 5.89. The van der Waals surface area contributed by atoms with Crippen molar-refractivity contribution < 1.29 is 14.6 Å². The van der Waals surface area contributed by atoms with Gasteiger partial charge in [0.15, 0.2) is 0 Å². The van der Waals surface area contributed by atoms with Crippen LogP contribution in [0.3, 0.4) is 0 Å². The Labute approximate surface area is 90.1 Å². The summed E-state index contributed by atoms with van der Waals surface area (Å²) >= 11 is 3.20. The highest BCUT2D eigenvalue weighted by Gasteiger charge is 2.06. The number of ether oxygens (including phenoxy) is 1. The van der Waals surface area contributed by atoms with Gasteiger partial charge < -0.3 is 9.84 Å². The molecule has 0 atom stereocenters. The van der Waals surface area contributed by atoms with Crippen LogP contribution in [0.4, 0.5) is 0 Å². The number of halogens is 1. The van der Waals surface area contributed by atoms with E-state index in [0.29, 0.717) is 16.8 Å². The minimum Gasteiger partial charge on any atom is -0.489 e. The first-order valence-corrected chi connectivity index (χ1v) is 4.70. The molecule has 0 fully saturated rings. The third-order valence-corrected chi connectivity index (χ3v) is 1.94. The van der Waals surface area contributed by atoms with Crippen molar-refractivity contribution in [2.24, 2.45) is 0 Å². The summed E-state index contributed by atoms with van der Waals surface area (Å²) in [5.41, 5.74) is 0.193. The van der Waals surface area contributed by atoms with Crippen LogP contribution in [-0.4, -0.2) is 17.7 Å². The summed E-state index contributed by atoms with van der Waals surface area (Å²) in [6, 6.07) is 4.69. The lowest BCUT2D eigenvalue weighted by molar-refractivity contribution is 0.0696. The zero-order valence-electron chi connectivity index (χ0n) is 7.37. The molecule has 1 N–H and O–H groups in total. The second-order valence-corrected chi connectivity index (χ2v) is 3.50. The summed E-state index contributed by atoms with van der Waals surface area (Å²) in [6.07, 6.45) is 1.60. The van der Waals surface area contributed by atoms with E-state index >= 15 is 0 Å². The van der Waals surface area contributed by atoms with E-state index in [9.17, 15) is 4.79 Å². The second-order valence-electron chi connectivity index (χ2n) is 2.58. The molecule has 0 unspecified atom stereocenters. The fourth-order valence-electron chi connectivity index (χ4n) is 0.925. The highest BCUT2D eigenvalue weighted by molar-refractivity contribution is 9.10. The van der Waals surface area contributed by atoms with Crippen LogP contribution < -0.4 is 4.74 Å². The van der Waals surface area contributed by atoms with Crippen molar-refractivity contribution >= 4 is 21.9 Å². The van der Waals surface area contributed by atoms with Gasteiger partial charge in [-0.3, -0.25) is 0 Å². The van der Waals surface area contributed by atoms with E-state index in [4.69, 9.17) is 9.84 Å². The smallest absolute Gasteiger partial charge is 0.335 e. The first-order chi connectivity index (χ1) is 6.63. The molecule has 0 aliphatic carbocycles. The van der Waals surface area contributed by atoms with Gasteiger partial charge in [0.2, 0.25) is 0 Å². The molecule has 0 aliphatic heterocycles. The lowest BCUT2D eigenvalue weighted by Gasteiger charge is -2.04. The van der Waals surface area contributed by atoms with Gasteiger partial charge in [0.05, 0.1) is 5.56 Å². The molecule has 3 nitrogen and oxygen atoms in total. The van der Waals surface area contributed by atoms with E-state index in [1.54, 1.807) is 12.1 Å². The van der Waals surface area contributed by atoms with Crippen LogP contribution in [0, 0.1) is 0 Å². The van der Waals surface area contributed by atoms with Crippen molar-refractivity contribution in [1.82, 2.24) is 0 Å². The average molecular weight is 257 g/mol. The van der Waals surface area contributed by atoms with Crippen molar-refractivity contribution in [3.63, 3.8) is 0 Å². The van der Waals surface area contributed by atoms with Gasteiger partial charge >= 0.3 is 5.97 Å². The number of carbonyl (C=O) groups is 1. The molecular formula is C10H9BrO3. The molecule has 1 aromatic rings. The Balaban J connectivity index is 2.94. The third kappa shape index (κ3) is 2.88. The number of carboxylic acid groups (broad SMARTS) is 1. The topological polar surface area (TPSA) is 46.5 Å². The Morgan fingerprint density at radius 3 is 2.86 bits per heavy atom. The summed E-state index contributed by atoms with van der Waals surface area (Å²) in [5.74, 6) is -0.466. The van der Waals surface area contributed by atoms with Gasteiger partial charge in [0, 0.05) is 4.47 Å². The zero-order valence-corrected chi connectivity index (χ0v) is 8.95. The van der Waals surface area contributed by atoms with Crippen LogP contribution in [0.25, 0.3) is 0 Å². The van der Waals surface area contributed by atoms with Crippen molar-refractivity contribution in [3.8, 4) is 5.75 Å². The summed E-state index contributed by atoms with van der Waals surface area (Å²) in [4.78, 5) is 10.7. The van der Waals surface area contributed by atoms with Crippen molar-refractivity contribution in [1.29, 1.82) is 0 Å². The molecule has 0 amide bonds. The monoisotopic (exact) mass is 256 g/mol. The van der Waals surface area contributed by atoms with E-state index in [2.05, 4.69) is 22.5 Å². The molecule has 1 aromatic carbocycles. The lowest BCUT2D eigenvalue weighted by atomic mass is 10.2. The molecule has 0 bridgehead atoms. The van der Waals surface area contributed by atoms with Crippen LogP contribution in [0.2, 0.25) is 0 Å². The van der Waals surface area contributed by atoms with Crippen LogP contribution in [0.15, 0.2) is 35.3 Å². The lowest BCUT2D eigenvalue weighted by Crippen LogP contribution is -1.99. The molecule has 0 spiro atoms. The van der Waals surface area contributed by atoms with Gasteiger partial charge in [-0.05, 0) is 18.2 Å². The van der Waals surface area contributed by atoms with Crippen LogP contribution in [-0.2, 0) is 0 Å². The highest BCUT2D eigenvalue weighted by atomic mass is 79.9. The van der Waals surface area contributed by atoms with Crippen molar-refractivity contribution in [2.75, 3.05) is 6.61 Å². The molecule has 0 heterocycles. The first-order valence-electron chi connectivity index (χ1n) is 3.91. The minimum atomic E-state index is -0.977. The SMILES string of the molecule is C=CCOc1cc(Br)cc(C(=O)O)c1. The number of aromatic carboxylic acids is 1. The Morgan fingerprint density at radius 2 is 2.29 bits per heavy atom. The maximum absolute atomic E-state index is 10.7. The Bertz CT molecular complexity index is 360. The number of benzene rings is 1. The number of hydrogen-bond donors (Lipinski definition) is 1. The molecule has 1 rings (SSSR count). The third-order valence-electron chi connectivity index (χ3n) is 1.49. The second kappa shape index (κ2) is 4.81. The Hall–Kier alpha value is -1.29. The molecule has 14 heavy (non-hydrogen) atoms. The summed E-state index contributed by atoms with van der Waals surface area (Å²) in [7, 11) is 0. The van der Waals surface area contributed by atoms with E-state index < -0.39 is 5.97 Å². The maximum Gasteiger partial charge on any atom is 0.335 e. The minimum absolute atomic E-state index is 0.193. The molecular weight excluding hydrogens is 248 g/mol. The molecule has 0 aliphatic rings. The number of hydrogen-bond acceptors (Lipinski definition) is 2. The number of rotatable bonds is 4. The standard InChI is InChI=1S/C10H9BrO3/c1-2-3-14-9-5-7(10(12)13)4-8(11)6-9/h2,4-6H,1,3H2,(H,12,13). The van der Waals surface area contributed by atoms with Gasteiger partial charge in [0.1, 0.15) is 12.4 Å². The molecule has 0 aromatic heterocycles. The predicted molar refractivity (Wildman–Crippen MR) is 56.8 cm³/mol. The molecule has 74 valence electrons. The van der Waals surface area contributed by atoms with E-state index in [0.717, 1.165) is 0 Å². The predicted octanol–water partition coefficient (Wildman–Crippen LogP) is 2.71. The molecule has 0 radical (unpaired) electrons. The van der Waals surface area contributed by atoms with E-state index in [1.165, 1.54) is 12.1 Å². The first kappa shape index (κ1) is 10.8. The molecule has 4 heteroatoms. The van der Waals surface area contributed by atoms with Gasteiger partial charge in [-0.1, -0.05) is 28.6 Å². The fourth-order valence-corrected chi connectivity index (χ4v) is 1.40. The van der Waals surface area contributed by atoms with Gasteiger partial charge in [-0.25, -0.2) is 4.79 Å². The highest BCUT2D eigenvalue weighted by Crippen LogP contribution is 2.21. The van der Waals surface area contributed by atoms with Gasteiger partial charge in [-0.2, -0.15) is 0 Å². The Morgan fingerprint density at radius 1 is 1.57 bits per heavy atom. The van der Waals surface area contributed by atoms with Crippen LogP contribution in [0.5, 0.6) is 5.75 Å². The van der Waals surface area contributed by atoms with E-state index in [-0.39, 0.29) is 5.56 Å². The summed E-state index contributed by atoms with van der Waals surface area (Å²) in [5, 5.41) is 8.76. The van der Waals surface area contributed by atoms with Gasteiger partial charge in [-0.15, -0.1) is 0 Å². The van der Waals surface area contributed by atoms with Crippen LogP contribution >= 0.6 is 15.9 Å². The van der Waals surface area contributed by atoms with Gasteiger partial charge in [0.25, 0.3) is 0 Å². The molecule has 0 saturated heterocycles. The normalized spacial score (nSPS) is 9.50. The zero-order chi connectivity index (χ0) is 10.6. The fraction of sp³-hybridized carbons (Fsp3) is 0.100.